The summed E-state index contributed by atoms with van der Waals surface area (Å²) >= 11 is 6.14. The Bertz CT molecular complexity index is 973. The van der Waals surface area contributed by atoms with E-state index in [0.717, 1.165) is 16.9 Å². The van der Waals surface area contributed by atoms with Gasteiger partial charge in [-0.25, -0.2) is 0 Å². The average molecular weight is 366 g/mol. The number of hydrogen-bond donors (Lipinski definition) is 1. The summed E-state index contributed by atoms with van der Waals surface area (Å²) in [4.78, 5) is 4.18. The van der Waals surface area contributed by atoms with Crippen LogP contribution >= 0.6 is 11.6 Å². The highest BCUT2D eigenvalue weighted by Gasteiger charge is 2.12. The molecular weight excluding hydrogens is 350 g/mol. The lowest BCUT2D eigenvalue weighted by Crippen LogP contribution is -2.00. The third-order valence-corrected chi connectivity index (χ3v) is 4.06. The minimum Gasteiger partial charge on any atom is -0.496 e. The van der Waals surface area contributed by atoms with Gasteiger partial charge in [0.1, 0.15) is 11.8 Å². The van der Waals surface area contributed by atoms with Gasteiger partial charge in [-0.2, -0.15) is 10.2 Å². The van der Waals surface area contributed by atoms with Crippen molar-refractivity contribution in [2.45, 2.75) is 6.54 Å². The van der Waals surface area contributed by atoms with Crippen molar-refractivity contribution >= 4 is 29.6 Å². The number of nitrogens with one attached hydrogen (secondary N) is 1. The fourth-order valence-corrected chi connectivity index (χ4v) is 2.59. The highest BCUT2D eigenvalue weighted by Crippen LogP contribution is 2.23. The summed E-state index contributed by atoms with van der Waals surface area (Å²) in [6.07, 6.45) is 3.52. The van der Waals surface area contributed by atoms with E-state index in [1.165, 1.54) is 0 Å². The molecule has 3 rings (SSSR count). The standard InChI is InChI=1S/C20H16ClN3O2/c1-25-18-9-5-3-6-14(18)10-11-19-24-17(12-22)20(26-19)23-13-15-7-2-4-8-16(15)21/h2-11,23H,13H2,1H3. The van der Waals surface area contributed by atoms with E-state index in [-0.39, 0.29) is 5.69 Å². The molecule has 0 saturated carbocycles. The van der Waals surface area contributed by atoms with Crippen molar-refractivity contribution in [3.05, 3.63) is 76.3 Å². The Morgan fingerprint density at radius 3 is 2.73 bits per heavy atom. The first kappa shape index (κ1) is 17.6. The summed E-state index contributed by atoms with van der Waals surface area (Å²) in [6.45, 7) is 0.430. The molecular formula is C20H16ClN3O2. The van der Waals surface area contributed by atoms with E-state index in [1.54, 1.807) is 13.2 Å². The molecule has 1 heterocycles. The van der Waals surface area contributed by atoms with E-state index in [4.69, 9.17) is 20.8 Å². The predicted octanol–water partition coefficient (Wildman–Crippen LogP) is 4.99. The van der Waals surface area contributed by atoms with Gasteiger partial charge in [-0.1, -0.05) is 48.0 Å². The molecule has 0 aliphatic rings. The molecule has 0 spiro atoms. The Morgan fingerprint density at radius 2 is 1.96 bits per heavy atom. The fourth-order valence-electron chi connectivity index (χ4n) is 2.39. The van der Waals surface area contributed by atoms with Crippen LogP contribution in [0.3, 0.4) is 0 Å². The Kier molecular flexibility index (Phi) is 5.57. The highest BCUT2D eigenvalue weighted by atomic mass is 35.5. The zero-order valence-electron chi connectivity index (χ0n) is 14.1. The SMILES string of the molecule is COc1ccccc1C=Cc1nc(C#N)c(NCc2ccccc2Cl)o1. The number of methoxy groups -OCH3 is 1. The molecule has 1 N–H and O–H groups in total. The first-order valence-corrected chi connectivity index (χ1v) is 8.28. The van der Waals surface area contributed by atoms with E-state index in [1.807, 2.05) is 60.7 Å². The predicted molar refractivity (Wildman–Crippen MR) is 102 cm³/mol. The van der Waals surface area contributed by atoms with Gasteiger partial charge in [0.25, 0.3) is 0 Å². The number of ether oxygens (including phenoxy) is 1. The fraction of sp³-hybridized carbons (Fsp3) is 0.100. The van der Waals surface area contributed by atoms with E-state index < -0.39 is 0 Å². The van der Waals surface area contributed by atoms with Gasteiger partial charge in [0.2, 0.25) is 17.5 Å². The molecule has 2 aromatic carbocycles. The highest BCUT2D eigenvalue weighted by molar-refractivity contribution is 6.31. The van der Waals surface area contributed by atoms with Crippen molar-refractivity contribution < 1.29 is 9.15 Å². The van der Waals surface area contributed by atoms with Crippen LogP contribution in [0.1, 0.15) is 22.7 Å². The minimum atomic E-state index is 0.191. The van der Waals surface area contributed by atoms with Crippen LogP contribution in [0.5, 0.6) is 5.75 Å². The molecule has 0 radical (unpaired) electrons. The molecule has 0 unspecified atom stereocenters. The molecule has 5 nitrogen and oxygen atoms in total. The monoisotopic (exact) mass is 365 g/mol. The van der Waals surface area contributed by atoms with Gasteiger partial charge in [0.05, 0.1) is 7.11 Å². The second kappa shape index (κ2) is 8.24. The van der Waals surface area contributed by atoms with Crippen molar-refractivity contribution in [3.63, 3.8) is 0 Å². The van der Waals surface area contributed by atoms with E-state index in [2.05, 4.69) is 10.3 Å². The summed E-state index contributed by atoms with van der Waals surface area (Å²) < 4.78 is 11.0. The van der Waals surface area contributed by atoms with Crippen molar-refractivity contribution in [2.24, 2.45) is 0 Å². The number of oxazole rings is 1. The maximum atomic E-state index is 9.27. The van der Waals surface area contributed by atoms with Crippen molar-refractivity contribution in [1.29, 1.82) is 5.26 Å². The third kappa shape index (κ3) is 4.05. The lowest BCUT2D eigenvalue weighted by Gasteiger charge is -2.04. The third-order valence-electron chi connectivity index (χ3n) is 3.69. The number of rotatable bonds is 6. The van der Waals surface area contributed by atoms with Crippen LogP contribution in [-0.4, -0.2) is 12.1 Å². The second-order valence-corrected chi connectivity index (χ2v) is 5.77. The number of benzene rings is 2. The molecule has 0 amide bonds. The smallest absolute Gasteiger partial charge is 0.232 e. The minimum absolute atomic E-state index is 0.191. The van der Waals surface area contributed by atoms with Gasteiger partial charge in [-0.05, 0) is 23.8 Å². The summed E-state index contributed by atoms with van der Waals surface area (Å²) in [7, 11) is 1.61. The Labute approximate surface area is 156 Å². The zero-order valence-corrected chi connectivity index (χ0v) is 14.8. The summed E-state index contributed by atoms with van der Waals surface area (Å²) in [5, 5.41) is 13.0. The van der Waals surface area contributed by atoms with Gasteiger partial charge >= 0.3 is 0 Å². The average Bonchev–Trinajstić information content (AvgIpc) is 3.08. The lowest BCUT2D eigenvalue weighted by atomic mass is 10.2. The molecule has 130 valence electrons. The van der Waals surface area contributed by atoms with Crippen LogP contribution in [0, 0.1) is 11.3 Å². The van der Waals surface area contributed by atoms with Crippen molar-refractivity contribution in [3.8, 4) is 11.8 Å². The zero-order chi connectivity index (χ0) is 18.4. The van der Waals surface area contributed by atoms with Crippen molar-refractivity contribution in [1.82, 2.24) is 4.98 Å². The second-order valence-electron chi connectivity index (χ2n) is 5.36. The molecule has 0 bridgehead atoms. The maximum Gasteiger partial charge on any atom is 0.232 e. The first-order valence-electron chi connectivity index (χ1n) is 7.90. The van der Waals surface area contributed by atoms with Crippen LogP contribution < -0.4 is 10.1 Å². The summed E-state index contributed by atoms with van der Waals surface area (Å²) in [6, 6.07) is 17.1. The van der Waals surface area contributed by atoms with Crippen molar-refractivity contribution in [2.75, 3.05) is 12.4 Å². The number of halogens is 1. The number of nitrogens with zero attached hydrogens (tertiary/aromatic N) is 2. The molecule has 0 saturated heterocycles. The van der Waals surface area contributed by atoms with Gasteiger partial charge < -0.3 is 14.5 Å². The van der Waals surface area contributed by atoms with Crippen LogP contribution in [-0.2, 0) is 6.54 Å². The van der Waals surface area contributed by atoms with Crippen LogP contribution in [0.2, 0.25) is 5.02 Å². The van der Waals surface area contributed by atoms with E-state index >= 15 is 0 Å². The van der Waals surface area contributed by atoms with Gasteiger partial charge in [-0.15, -0.1) is 0 Å². The maximum absolute atomic E-state index is 9.27. The van der Waals surface area contributed by atoms with E-state index in [0.29, 0.717) is 23.3 Å². The van der Waals surface area contributed by atoms with Crippen LogP contribution in [0.15, 0.2) is 52.9 Å². The Hall–Kier alpha value is -3.23. The summed E-state index contributed by atoms with van der Waals surface area (Å²) in [5.41, 5.74) is 1.98. The number of aromatic nitrogens is 1. The number of nitriles is 1. The number of anilines is 1. The summed E-state index contributed by atoms with van der Waals surface area (Å²) in [5.74, 6) is 1.38. The van der Waals surface area contributed by atoms with Gasteiger partial charge in [0.15, 0.2) is 0 Å². The molecule has 26 heavy (non-hydrogen) atoms. The normalized spacial score (nSPS) is 10.7. The molecule has 3 aromatic rings. The number of para-hydroxylation sites is 1. The largest absolute Gasteiger partial charge is 0.496 e. The Morgan fingerprint density at radius 1 is 1.19 bits per heavy atom. The van der Waals surface area contributed by atoms with Crippen LogP contribution in [0.4, 0.5) is 5.88 Å². The topological polar surface area (TPSA) is 71.1 Å². The van der Waals surface area contributed by atoms with Gasteiger partial charge in [0, 0.05) is 23.2 Å². The molecule has 1 aromatic heterocycles. The number of hydrogen-bond acceptors (Lipinski definition) is 5. The first-order chi connectivity index (χ1) is 12.7. The molecule has 6 heteroatoms. The molecule has 0 aliphatic carbocycles. The molecule has 0 atom stereocenters. The van der Waals surface area contributed by atoms with Gasteiger partial charge in [-0.3, -0.25) is 0 Å². The molecule has 0 fully saturated rings. The Balaban J connectivity index is 1.77. The quantitative estimate of drug-likeness (QED) is 0.666. The molecule has 0 aliphatic heterocycles. The lowest BCUT2D eigenvalue weighted by molar-refractivity contribution is 0.414. The van der Waals surface area contributed by atoms with E-state index in [9.17, 15) is 5.26 Å². The van der Waals surface area contributed by atoms with Crippen LogP contribution in [0.25, 0.3) is 12.2 Å².